The molecule has 144 valence electrons. The van der Waals surface area contributed by atoms with Gasteiger partial charge < -0.3 is 5.32 Å². The Morgan fingerprint density at radius 2 is 1.83 bits per heavy atom. The smallest absolute Gasteiger partial charge is 0.273 e. The van der Waals surface area contributed by atoms with E-state index in [0.29, 0.717) is 22.4 Å². The maximum absolute atomic E-state index is 13.3. The third-order valence-electron chi connectivity index (χ3n) is 4.47. The van der Waals surface area contributed by atoms with Crippen molar-refractivity contribution in [2.45, 2.75) is 13.5 Å². The Morgan fingerprint density at radius 1 is 1.07 bits per heavy atom. The van der Waals surface area contributed by atoms with Gasteiger partial charge in [0.1, 0.15) is 5.82 Å². The predicted molar refractivity (Wildman–Crippen MR) is 110 cm³/mol. The number of aromatic nitrogens is 4. The molecule has 0 saturated heterocycles. The zero-order valence-corrected chi connectivity index (χ0v) is 16.2. The van der Waals surface area contributed by atoms with E-state index in [1.165, 1.54) is 17.0 Å². The van der Waals surface area contributed by atoms with E-state index >= 15 is 0 Å². The van der Waals surface area contributed by atoms with Crippen molar-refractivity contribution >= 4 is 28.4 Å². The van der Waals surface area contributed by atoms with Gasteiger partial charge in [0, 0.05) is 12.4 Å². The molecule has 0 saturated carbocycles. The van der Waals surface area contributed by atoms with Crippen molar-refractivity contribution < 1.29 is 4.79 Å². The third-order valence-corrected chi connectivity index (χ3v) is 4.74. The summed E-state index contributed by atoms with van der Waals surface area (Å²) in [6.45, 7) is 1.89. The second-order valence-corrected chi connectivity index (χ2v) is 6.71. The van der Waals surface area contributed by atoms with Gasteiger partial charge in [-0.2, -0.15) is 0 Å². The normalized spacial score (nSPS) is 10.8. The van der Waals surface area contributed by atoms with Gasteiger partial charge in [0.15, 0.2) is 10.8 Å². The van der Waals surface area contributed by atoms with Crippen molar-refractivity contribution in [3.05, 3.63) is 93.5 Å². The van der Waals surface area contributed by atoms with Gasteiger partial charge in [0.05, 0.1) is 23.1 Å². The Balaban J connectivity index is 1.80. The average Bonchev–Trinajstić information content (AvgIpc) is 2.73. The van der Waals surface area contributed by atoms with E-state index in [1.807, 2.05) is 49.4 Å². The molecular formula is C21H16ClN5O2. The zero-order valence-electron chi connectivity index (χ0n) is 15.5. The van der Waals surface area contributed by atoms with Crippen molar-refractivity contribution in [1.29, 1.82) is 0 Å². The van der Waals surface area contributed by atoms with Crippen LogP contribution in [0.15, 0.2) is 65.7 Å². The van der Waals surface area contributed by atoms with Crippen molar-refractivity contribution in [1.82, 2.24) is 24.8 Å². The second-order valence-electron chi connectivity index (χ2n) is 6.35. The molecule has 0 aliphatic heterocycles. The van der Waals surface area contributed by atoms with Crippen LogP contribution in [0.5, 0.6) is 0 Å². The number of benzene rings is 2. The molecule has 29 heavy (non-hydrogen) atoms. The third kappa shape index (κ3) is 3.60. The maximum atomic E-state index is 13.3. The molecule has 4 rings (SSSR count). The molecule has 0 aliphatic rings. The lowest BCUT2D eigenvalue weighted by molar-refractivity contribution is 0.0944. The molecule has 1 amide bonds. The number of nitrogens with zero attached hydrogens (tertiary/aromatic N) is 4. The van der Waals surface area contributed by atoms with Gasteiger partial charge in [-0.25, -0.2) is 15.0 Å². The van der Waals surface area contributed by atoms with Crippen LogP contribution in [0.1, 0.15) is 21.9 Å². The first kappa shape index (κ1) is 18.8. The van der Waals surface area contributed by atoms with Crippen LogP contribution in [0.4, 0.5) is 0 Å². The van der Waals surface area contributed by atoms with Crippen LogP contribution in [-0.2, 0) is 6.54 Å². The quantitative estimate of drug-likeness (QED) is 0.563. The SMILES string of the molecule is Cc1cccc2nc(CNC(=O)c3nccnc3Cl)n(-c3ccccc3)c(=O)c12. The molecule has 0 aliphatic carbocycles. The minimum atomic E-state index is -0.499. The van der Waals surface area contributed by atoms with E-state index in [0.717, 1.165) is 5.56 Å². The number of hydrogen-bond donors (Lipinski definition) is 1. The lowest BCUT2D eigenvalue weighted by Gasteiger charge is -2.15. The lowest BCUT2D eigenvalue weighted by Crippen LogP contribution is -2.31. The minimum absolute atomic E-state index is 0.00699. The van der Waals surface area contributed by atoms with E-state index in [9.17, 15) is 9.59 Å². The molecule has 2 heterocycles. The highest BCUT2D eigenvalue weighted by atomic mass is 35.5. The summed E-state index contributed by atoms with van der Waals surface area (Å²) in [6, 6.07) is 14.7. The number of carbonyl (C=O) groups is 1. The monoisotopic (exact) mass is 405 g/mol. The van der Waals surface area contributed by atoms with Crippen molar-refractivity contribution in [2.75, 3.05) is 0 Å². The number of amides is 1. The molecular weight excluding hydrogens is 390 g/mol. The summed E-state index contributed by atoms with van der Waals surface area (Å²) in [6.07, 6.45) is 2.79. The van der Waals surface area contributed by atoms with E-state index in [-0.39, 0.29) is 23.0 Å². The van der Waals surface area contributed by atoms with Crippen molar-refractivity contribution in [2.24, 2.45) is 0 Å². The number of para-hydroxylation sites is 1. The summed E-state index contributed by atoms with van der Waals surface area (Å²) < 4.78 is 1.51. The Labute approximate surface area is 171 Å². The Hall–Kier alpha value is -3.58. The summed E-state index contributed by atoms with van der Waals surface area (Å²) in [7, 11) is 0. The molecule has 0 unspecified atom stereocenters. The summed E-state index contributed by atoms with van der Waals surface area (Å²) in [5.74, 6) is -0.103. The van der Waals surface area contributed by atoms with E-state index in [1.54, 1.807) is 6.07 Å². The summed E-state index contributed by atoms with van der Waals surface area (Å²) in [5.41, 5.74) is 1.90. The largest absolute Gasteiger partial charge is 0.343 e. The number of rotatable bonds is 4. The summed E-state index contributed by atoms with van der Waals surface area (Å²) in [5, 5.41) is 3.28. The van der Waals surface area contributed by atoms with Crippen LogP contribution < -0.4 is 10.9 Å². The molecule has 0 spiro atoms. The van der Waals surface area contributed by atoms with Gasteiger partial charge in [0.2, 0.25) is 0 Å². The lowest BCUT2D eigenvalue weighted by atomic mass is 10.1. The number of nitrogens with one attached hydrogen (secondary N) is 1. The Bertz CT molecular complexity index is 1270. The molecule has 0 radical (unpaired) electrons. The zero-order chi connectivity index (χ0) is 20.4. The van der Waals surface area contributed by atoms with Crippen molar-refractivity contribution in [3.8, 4) is 5.69 Å². The van der Waals surface area contributed by atoms with Crippen LogP contribution in [-0.4, -0.2) is 25.4 Å². The molecule has 2 aromatic heterocycles. The number of aryl methyl sites for hydroxylation is 1. The fourth-order valence-corrected chi connectivity index (χ4v) is 3.31. The molecule has 4 aromatic rings. The van der Waals surface area contributed by atoms with Gasteiger partial charge in [-0.1, -0.05) is 41.9 Å². The first-order valence-corrected chi connectivity index (χ1v) is 9.25. The first-order chi connectivity index (χ1) is 14.1. The van der Waals surface area contributed by atoms with Crippen LogP contribution in [0.3, 0.4) is 0 Å². The number of hydrogen-bond acceptors (Lipinski definition) is 5. The highest BCUT2D eigenvalue weighted by Gasteiger charge is 2.17. The van der Waals surface area contributed by atoms with Gasteiger partial charge in [-0.3, -0.25) is 14.2 Å². The molecule has 0 atom stereocenters. The fraction of sp³-hybridized carbons (Fsp3) is 0.0952. The van der Waals surface area contributed by atoms with Crippen LogP contribution in [0, 0.1) is 6.92 Å². The maximum Gasteiger partial charge on any atom is 0.273 e. The molecule has 2 aromatic carbocycles. The van der Waals surface area contributed by atoms with E-state index in [2.05, 4.69) is 20.3 Å². The Morgan fingerprint density at radius 3 is 2.59 bits per heavy atom. The number of fused-ring (bicyclic) bond motifs is 1. The minimum Gasteiger partial charge on any atom is -0.343 e. The number of halogens is 1. The van der Waals surface area contributed by atoms with E-state index in [4.69, 9.17) is 11.6 Å². The van der Waals surface area contributed by atoms with Crippen LogP contribution in [0.25, 0.3) is 16.6 Å². The summed E-state index contributed by atoms with van der Waals surface area (Å²) in [4.78, 5) is 38.2. The van der Waals surface area contributed by atoms with Gasteiger partial charge in [0.25, 0.3) is 11.5 Å². The number of carbonyl (C=O) groups excluding carboxylic acids is 1. The molecule has 0 bridgehead atoms. The fourth-order valence-electron chi connectivity index (χ4n) is 3.12. The molecule has 0 fully saturated rings. The standard InChI is InChI=1S/C21H16ClN5O2/c1-13-6-5-9-15-17(13)21(29)27(14-7-3-2-4-8-14)16(26-15)12-25-20(28)18-19(22)24-11-10-23-18/h2-11H,12H2,1H3,(H,25,28). The Kier molecular flexibility index (Phi) is 5.05. The topological polar surface area (TPSA) is 89.8 Å². The molecule has 8 heteroatoms. The highest BCUT2D eigenvalue weighted by Crippen LogP contribution is 2.16. The van der Waals surface area contributed by atoms with E-state index < -0.39 is 5.91 Å². The first-order valence-electron chi connectivity index (χ1n) is 8.87. The summed E-state index contributed by atoms with van der Waals surface area (Å²) >= 11 is 5.94. The highest BCUT2D eigenvalue weighted by molar-refractivity contribution is 6.32. The second kappa shape index (κ2) is 7.81. The van der Waals surface area contributed by atoms with Gasteiger partial charge in [-0.15, -0.1) is 0 Å². The van der Waals surface area contributed by atoms with Crippen LogP contribution >= 0.6 is 11.6 Å². The molecule has 7 nitrogen and oxygen atoms in total. The predicted octanol–water partition coefficient (Wildman–Crippen LogP) is 3.07. The van der Waals surface area contributed by atoms with Gasteiger partial charge in [-0.05, 0) is 30.7 Å². The van der Waals surface area contributed by atoms with Crippen molar-refractivity contribution in [3.63, 3.8) is 0 Å². The van der Waals surface area contributed by atoms with Crippen LogP contribution in [0.2, 0.25) is 5.15 Å². The molecule has 1 N–H and O–H groups in total. The average molecular weight is 406 g/mol. The van der Waals surface area contributed by atoms with Gasteiger partial charge >= 0.3 is 0 Å².